The molecule has 1 atom stereocenters. The highest BCUT2D eigenvalue weighted by Gasteiger charge is 2.21. The van der Waals surface area contributed by atoms with Gasteiger partial charge in [-0.3, -0.25) is 9.69 Å². The molecule has 3 aromatic carbocycles. The summed E-state index contributed by atoms with van der Waals surface area (Å²) in [4.78, 5) is 17.6. The van der Waals surface area contributed by atoms with Gasteiger partial charge in [-0.1, -0.05) is 66.7 Å². The highest BCUT2D eigenvalue weighted by atomic mass is 16.5. The highest BCUT2D eigenvalue weighted by Crippen LogP contribution is 2.28. The number of anilines is 2. The summed E-state index contributed by atoms with van der Waals surface area (Å²) >= 11 is 0. The lowest BCUT2D eigenvalue weighted by atomic mass is 10.0. The standard InChI is InChI=1S/C27H31N3O2/c1-21(27(31)28-25-14-8-7-13-24(25)22-10-4-3-5-11-22)29(2)20-23-12-6-9-15-26(23)30-16-18-32-19-17-30/h3-15,21H,16-20H2,1-2H3,(H,28,31). The Bertz CT molecular complexity index is 1030. The van der Waals surface area contributed by atoms with Crippen LogP contribution in [0.3, 0.4) is 0 Å². The molecule has 1 saturated heterocycles. The Morgan fingerprint density at radius 1 is 0.969 bits per heavy atom. The van der Waals surface area contributed by atoms with Crippen molar-refractivity contribution in [1.29, 1.82) is 0 Å². The van der Waals surface area contributed by atoms with Gasteiger partial charge in [-0.25, -0.2) is 0 Å². The van der Waals surface area contributed by atoms with Crippen molar-refractivity contribution in [1.82, 2.24) is 4.90 Å². The van der Waals surface area contributed by atoms with Crippen LogP contribution in [0.1, 0.15) is 12.5 Å². The molecule has 3 aromatic rings. The minimum absolute atomic E-state index is 0.0141. The van der Waals surface area contributed by atoms with E-state index in [1.165, 1.54) is 11.3 Å². The molecule has 0 spiro atoms. The predicted molar refractivity (Wildman–Crippen MR) is 131 cm³/mol. The van der Waals surface area contributed by atoms with E-state index < -0.39 is 0 Å². The number of para-hydroxylation sites is 2. The summed E-state index contributed by atoms with van der Waals surface area (Å²) in [6.07, 6.45) is 0. The van der Waals surface area contributed by atoms with Gasteiger partial charge in [0, 0.05) is 36.6 Å². The van der Waals surface area contributed by atoms with Crippen LogP contribution >= 0.6 is 0 Å². The number of rotatable bonds is 7. The van der Waals surface area contributed by atoms with Crippen molar-refractivity contribution in [2.24, 2.45) is 0 Å². The van der Waals surface area contributed by atoms with Gasteiger partial charge in [-0.15, -0.1) is 0 Å². The second-order valence-electron chi connectivity index (χ2n) is 8.22. The third-order valence-corrected chi connectivity index (χ3v) is 6.07. The summed E-state index contributed by atoms with van der Waals surface area (Å²) in [5, 5.41) is 3.15. The fraction of sp³-hybridized carbons (Fsp3) is 0.296. The van der Waals surface area contributed by atoms with Gasteiger partial charge in [0.05, 0.1) is 19.3 Å². The molecule has 5 heteroatoms. The zero-order chi connectivity index (χ0) is 22.3. The molecule has 1 N–H and O–H groups in total. The summed E-state index contributed by atoms with van der Waals surface area (Å²) in [5.74, 6) is -0.0141. The summed E-state index contributed by atoms with van der Waals surface area (Å²) in [6, 6.07) is 26.3. The van der Waals surface area contributed by atoms with Gasteiger partial charge in [0.25, 0.3) is 0 Å². The Morgan fingerprint density at radius 3 is 2.41 bits per heavy atom. The van der Waals surface area contributed by atoms with Crippen LogP contribution < -0.4 is 10.2 Å². The molecule has 0 aliphatic carbocycles. The summed E-state index contributed by atoms with van der Waals surface area (Å²) in [6.45, 7) is 5.95. The summed E-state index contributed by atoms with van der Waals surface area (Å²) < 4.78 is 5.51. The van der Waals surface area contributed by atoms with E-state index in [9.17, 15) is 4.79 Å². The van der Waals surface area contributed by atoms with Gasteiger partial charge in [0.15, 0.2) is 0 Å². The molecule has 1 amide bonds. The fourth-order valence-electron chi connectivity index (χ4n) is 4.06. The molecule has 0 aromatic heterocycles. The molecule has 1 heterocycles. The van der Waals surface area contributed by atoms with Crippen molar-refractivity contribution in [3.63, 3.8) is 0 Å². The first kappa shape index (κ1) is 22.1. The van der Waals surface area contributed by atoms with E-state index in [2.05, 4.69) is 51.5 Å². The number of benzene rings is 3. The van der Waals surface area contributed by atoms with Crippen LogP contribution in [0.15, 0.2) is 78.9 Å². The van der Waals surface area contributed by atoms with E-state index in [1.807, 2.05) is 56.4 Å². The number of hydrogen-bond acceptors (Lipinski definition) is 4. The SMILES string of the molecule is CC(C(=O)Nc1ccccc1-c1ccccc1)N(C)Cc1ccccc1N1CCOCC1. The van der Waals surface area contributed by atoms with Gasteiger partial charge in [0.2, 0.25) is 5.91 Å². The normalized spacial score (nSPS) is 14.9. The Kier molecular flexibility index (Phi) is 7.20. The largest absolute Gasteiger partial charge is 0.378 e. The number of nitrogens with zero attached hydrogens (tertiary/aromatic N) is 2. The molecule has 32 heavy (non-hydrogen) atoms. The molecule has 5 nitrogen and oxygen atoms in total. The van der Waals surface area contributed by atoms with Crippen molar-refractivity contribution in [3.8, 4) is 11.1 Å². The Balaban J connectivity index is 1.46. The number of carbonyl (C=O) groups is 1. The van der Waals surface area contributed by atoms with Gasteiger partial charge >= 0.3 is 0 Å². The van der Waals surface area contributed by atoms with E-state index in [1.54, 1.807) is 0 Å². The molecule has 4 rings (SSSR count). The lowest BCUT2D eigenvalue weighted by Crippen LogP contribution is -2.40. The fourth-order valence-corrected chi connectivity index (χ4v) is 4.06. The quantitative estimate of drug-likeness (QED) is 0.594. The first-order valence-electron chi connectivity index (χ1n) is 11.2. The highest BCUT2D eigenvalue weighted by molar-refractivity contribution is 5.98. The molecule has 166 valence electrons. The minimum atomic E-state index is -0.281. The Morgan fingerprint density at radius 2 is 1.62 bits per heavy atom. The maximum absolute atomic E-state index is 13.1. The lowest BCUT2D eigenvalue weighted by Gasteiger charge is -2.32. The minimum Gasteiger partial charge on any atom is -0.378 e. The molecular formula is C27H31N3O2. The molecule has 0 saturated carbocycles. The second kappa shape index (κ2) is 10.4. The number of nitrogens with one attached hydrogen (secondary N) is 1. The van der Waals surface area contributed by atoms with E-state index in [0.717, 1.165) is 43.1 Å². The smallest absolute Gasteiger partial charge is 0.241 e. The van der Waals surface area contributed by atoms with E-state index in [0.29, 0.717) is 6.54 Å². The number of amides is 1. The predicted octanol–water partition coefficient (Wildman–Crippen LogP) is 4.65. The molecule has 1 aliphatic heterocycles. The maximum Gasteiger partial charge on any atom is 0.241 e. The molecule has 1 fully saturated rings. The average molecular weight is 430 g/mol. The van der Waals surface area contributed by atoms with Crippen molar-refractivity contribution in [2.75, 3.05) is 43.6 Å². The topological polar surface area (TPSA) is 44.8 Å². The van der Waals surface area contributed by atoms with Crippen molar-refractivity contribution >= 4 is 17.3 Å². The van der Waals surface area contributed by atoms with Crippen LogP contribution in [0.5, 0.6) is 0 Å². The molecule has 1 unspecified atom stereocenters. The Hall–Kier alpha value is -3.15. The van der Waals surface area contributed by atoms with Crippen LogP contribution in [-0.2, 0) is 16.1 Å². The molecule has 0 bridgehead atoms. The second-order valence-corrected chi connectivity index (χ2v) is 8.22. The summed E-state index contributed by atoms with van der Waals surface area (Å²) in [7, 11) is 2.00. The first-order chi connectivity index (χ1) is 15.6. The third-order valence-electron chi connectivity index (χ3n) is 6.07. The molecule has 0 radical (unpaired) electrons. The number of likely N-dealkylation sites (N-methyl/N-ethyl adjacent to an activating group) is 1. The maximum atomic E-state index is 13.1. The van der Waals surface area contributed by atoms with Crippen molar-refractivity contribution in [3.05, 3.63) is 84.4 Å². The zero-order valence-electron chi connectivity index (χ0n) is 18.8. The van der Waals surface area contributed by atoms with Crippen LogP contribution in [0.25, 0.3) is 11.1 Å². The van der Waals surface area contributed by atoms with E-state index in [4.69, 9.17) is 4.74 Å². The third kappa shape index (κ3) is 5.18. The van der Waals surface area contributed by atoms with Crippen LogP contribution in [0.2, 0.25) is 0 Å². The van der Waals surface area contributed by atoms with E-state index in [-0.39, 0.29) is 11.9 Å². The number of hydrogen-bond donors (Lipinski definition) is 1. The Labute approximate surface area is 190 Å². The lowest BCUT2D eigenvalue weighted by molar-refractivity contribution is -0.120. The number of carbonyl (C=O) groups excluding carboxylic acids is 1. The molecule has 1 aliphatic rings. The summed E-state index contributed by atoms with van der Waals surface area (Å²) in [5.41, 5.74) is 5.39. The van der Waals surface area contributed by atoms with Gasteiger partial charge < -0.3 is 15.0 Å². The average Bonchev–Trinajstić information content (AvgIpc) is 2.85. The van der Waals surface area contributed by atoms with Gasteiger partial charge in [-0.05, 0) is 37.2 Å². The zero-order valence-corrected chi connectivity index (χ0v) is 18.8. The monoisotopic (exact) mass is 429 g/mol. The van der Waals surface area contributed by atoms with Crippen molar-refractivity contribution in [2.45, 2.75) is 19.5 Å². The van der Waals surface area contributed by atoms with Gasteiger partial charge in [-0.2, -0.15) is 0 Å². The van der Waals surface area contributed by atoms with Crippen molar-refractivity contribution < 1.29 is 9.53 Å². The van der Waals surface area contributed by atoms with Crippen LogP contribution in [0, 0.1) is 0 Å². The first-order valence-corrected chi connectivity index (χ1v) is 11.2. The van der Waals surface area contributed by atoms with Gasteiger partial charge in [0.1, 0.15) is 0 Å². The number of ether oxygens (including phenoxy) is 1. The molecular weight excluding hydrogens is 398 g/mol. The van der Waals surface area contributed by atoms with Crippen LogP contribution in [-0.4, -0.2) is 50.2 Å². The van der Waals surface area contributed by atoms with E-state index >= 15 is 0 Å². The number of morpholine rings is 1. The van der Waals surface area contributed by atoms with Crippen LogP contribution in [0.4, 0.5) is 11.4 Å².